The fraction of sp³-hybridized carbons (Fsp3) is 1.00. The predicted octanol–water partition coefficient (Wildman–Crippen LogP) is 3.09. The minimum Gasteiger partial charge on any atom is -0.369 e. The molecule has 4 saturated carbocycles. The minimum atomic E-state index is 0.735. The van der Waals surface area contributed by atoms with Gasteiger partial charge < -0.3 is 4.74 Å². The van der Waals surface area contributed by atoms with E-state index in [4.69, 9.17) is 4.74 Å². The van der Waals surface area contributed by atoms with Gasteiger partial charge in [-0.2, -0.15) is 0 Å². The molecule has 0 radical (unpaired) electrons. The van der Waals surface area contributed by atoms with Crippen molar-refractivity contribution in [3.63, 3.8) is 0 Å². The Bertz CT molecular complexity index is 336. The van der Waals surface area contributed by atoms with E-state index in [2.05, 4.69) is 6.92 Å². The van der Waals surface area contributed by atoms with Gasteiger partial charge in [0.05, 0.1) is 12.2 Å². The third-order valence-electron chi connectivity index (χ3n) is 6.96. The molecule has 1 aliphatic heterocycles. The molecule has 1 nitrogen and oxygen atoms in total. The van der Waals surface area contributed by atoms with Crippen molar-refractivity contribution in [1.29, 1.82) is 0 Å². The summed E-state index contributed by atoms with van der Waals surface area (Å²) >= 11 is 0. The van der Waals surface area contributed by atoms with E-state index in [1.54, 1.807) is 19.3 Å². The van der Waals surface area contributed by atoms with Gasteiger partial charge in [0.25, 0.3) is 0 Å². The summed E-state index contributed by atoms with van der Waals surface area (Å²) in [5, 5.41) is 0. The van der Waals surface area contributed by atoms with Gasteiger partial charge in [0.2, 0.25) is 0 Å². The molecule has 4 aliphatic carbocycles. The molecule has 5 rings (SSSR count). The Morgan fingerprint density at radius 1 is 0.688 bits per heavy atom. The second-order valence-electron chi connectivity index (χ2n) is 7.49. The number of hydrogen-bond donors (Lipinski definition) is 0. The molecule has 16 heavy (non-hydrogen) atoms. The number of hydrogen-bond acceptors (Lipinski definition) is 1. The number of epoxide rings is 1. The molecule has 0 aromatic carbocycles. The molecule has 1 heteroatoms. The molecular formula is C15H22O. The quantitative estimate of drug-likeness (QED) is 0.616. The topological polar surface area (TPSA) is 12.5 Å². The Balaban J connectivity index is 1.40. The second kappa shape index (κ2) is 2.68. The molecule has 9 unspecified atom stereocenters. The lowest BCUT2D eigenvalue weighted by Crippen LogP contribution is -2.30. The van der Waals surface area contributed by atoms with E-state index >= 15 is 0 Å². The van der Waals surface area contributed by atoms with Crippen LogP contribution >= 0.6 is 0 Å². The van der Waals surface area contributed by atoms with Crippen LogP contribution in [0.4, 0.5) is 0 Å². The summed E-state index contributed by atoms with van der Waals surface area (Å²) in [5.74, 6) is 7.43. The number of fused-ring (bicyclic) bond motifs is 7. The highest BCUT2D eigenvalue weighted by molar-refractivity contribution is 5.13. The Morgan fingerprint density at radius 3 is 2.12 bits per heavy atom. The van der Waals surface area contributed by atoms with Crippen LogP contribution in [0.3, 0.4) is 0 Å². The molecule has 0 N–H and O–H groups in total. The van der Waals surface area contributed by atoms with E-state index in [1.807, 2.05) is 0 Å². The first kappa shape index (κ1) is 8.97. The molecular weight excluding hydrogens is 196 g/mol. The molecule has 0 aromatic rings. The highest BCUT2D eigenvalue weighted by Crippen LogP contribution is 2.65. The molecule has 1 saturated heterocycles. The van der Waals surface area contributed by atoms with Crippen molar-refractivity contribution in [2.24, 2.45) is 41.4 Å². The van der Waals surface area contributed by atoms with Gasteiger partial charge in [0.15, 0.2) is 0 Å². The highest BCUT2D eigenvalue weighted by Gasteiger charge is 2.65. The lowest BCUT2D eigenvalue weighted by atomic mass is 9.70. The van der Waals surface area contributed by atoms with Crippen molar-refractivity contribution < 1.29 is 4.74 Å². The van der Waals surface area contributed by atoms with Gasteiger partial charge in [-0.25, -0.2) is 0 Å². The summed E-state index contributed by atoms with van der Waals surface area (Å²) < 4.78 is 5.83. The van der Waals surface area contributed by atoms with Crippen LogP contribution in [0.2, 0.25) is 0 Å². The molecule has 1 heterocycles. The maximum Gasteiger partial charge on any atom is 0.0875 e. The summed E-state index contributed by atoms with van der Waals surface area (Å²) in [5.41, 5.74) is 0. The molecule has 0 amide bonds. The van der Waals surface area contributed by atoms with E-state index in [0.29, 0.717) is 0 Å². The molecule has 9 atom stereocenters. The van der Waals surface area contributed by atoms with Crippen LogP contribution in [-0.4, -0.2) is 12.2 Å². The fourth-order valence-electron chi connectivity index (χ4n) is 6.28. The summed E-state index contributed by atoms with van der Waals surface area (Å²) in [6.07, 6.45) is 9.25. The number of ether oxygens (including phenoxy) is 1. The SMILES string of the molecule is CC1CC2CC1CC2C1CC2CC1C1OC21. The molecule has 0 spiro atoms. The zero-order valence-corrected chi connectivity index (χ0v) is 10.1. The van der Waals surface area contributed by atoms with Crippen molar-refractivity contribution in [3.05, 3.63) is 0 Å². The van der Waals surface area contributed by atoms with Crippen LogP contribution in [0.15, 0.2) is 0 Å². The maximum absolute atomic E-state index is 5.83. The first-order valence-electron chi connectivity index (χ1n) is 7.46. The first-order chi connectivity index (χ1) is 7.81. The van der Waals surface area contributed by atoms with Crippen molar-refractivity contribution in [2.45, 2.75) is 51.2 Å². The summed E-state index contributed by atoms with van der Waals surface area (Å²) in [6, 6.07) is 0. The van der Waals surface area contributed by atoms with Gasteiger partial charge in [-0.3, -0.25) is 0 Å². The molecule has 4 bridgehead atoms. The Hall–Kier alpha value is -0.0400. The van der Waals surface area contributed by atoms with E-state index < -0.39 is 0 Å². The van der Waals surface area contributed by atoms with Gasteiger partial charge in [0.1, 0.15) is 0 Å². The lowest BCUT2D eigenvalue weighted by Gasteiger charge is -2.34. The van der Waals surface area contributed by atoms with Crippen LogP contribution in [0.5, 0.6) is 0 Å². The van der Waals surface area contributed by atoms with E-state index in [1.165, 1.54) is 12.8 Å². The standard InChI is InChI=1S/C15H22O/c1-7-2-9-3-8(7)4-11(9)12-5-10-6-13(12)15-14(10)16-15/h7-15H,2-6H2,1H3. The van der Waals surface area contributed by atoms with Gasteiger partial charge in [-0.05, 0) is 73.5 Å². The summed E-state index contributed by atoms with van der Waals surface area (Å²) in [7, 11) is 0. The third-order valence-corrected chi connectivity index (χ3v) is 6.96. The molecule has 88 valence electrons. The van der Waals surface area contributed by atoms with E-state index in [-0.39, 0.29) is 0 Å². The largest absolute Gasteiger partial charge is 0.369 e. The zero-order valence-electron chi connectivity index (χ0n) is 10.1. The summed E-state index contributed by atoms with van der Waals surface area (Å²) in [6.45, 7) is 2.49. The Morgan fingerprint density at radius 2 is 1.50 bits per heavy atom. The van der Waals surface area contributed by atoms with Crippen molar-refractivity contribution >= 4 is 0 Å². The normalized spacial score (nSPS) is 69.9. The van der Waals surface area contributed by atoms with Gasteiger partial charge in [-0.1, -0.05) is 6.92 Å². The van der Waals surface area contributed by atoms with Crippen molar-refractivity contribution in [2.75, 3.05) is 0 Å². The monoisotopic (exact) mass is 218 g/mol. The minimum absolute atomic E-state index is 0.735. The van der Waals surface area contributed by atoms with Crippen molar-refractivity contribution in [3.8, 4) is 0 Å². The zero-order chi connectivity index (χ0) is 10.4. The van der Waals surface area contributed by atoms with Crippen molar-refractivity contribution in [1.82, 2.24) is 0 Å². The predicted molar refractivity (Wildman–Crippen MR) is 61.9 cm³/mol. The number of rotatable bonds is 1. The van der Waals surface area contributed by atoms with Crippen LogP contribution in [-0.2, 0) is 4.74 Å². The van der Waals surface area contributed by atoms with E-state index in [9.17, 15) is 0 Å². The van der Waals surface area contributed by atoms with E-state index in [0.717, 1.165) is 53.6 Å². The van der Waals surface area contributed by atoms with Crippen LogP contribution < -0.4 is 0 Å². The Labute approximate surface area is 97.9 Å². The Kier molecular flexibility index (Phi) is 1.50. The lowest BCUT2D eigenvalue weighted by molar-refractivity contribution is 0.144. The average molecular weight is 218 g/mol. The second-order valence-corrected chi connectivity index (χ2v) is 7.49. The van der Waals surface area contributed by atoms with Gasteiger partial charge in [0, 0.05) is 0 Å². The van der Waals surface area contributed by atoms with Crippen LogP contribution in [0, 0.1) is 41.4 Å². The van der Waals surface area contributed by atoms with Crippen LogP contribution in [0.1, 0.15) is 39.0 Å². The first-order valence-corrected chi connectivity index (χ1v) is 7.46. The van der Waals surface area contributed by atoms with Crippen LogP contribution in [0.25, 0.3) is 0 Å². The average Bonchev–Trinajstić information content (AvgIpc) is 2.66. The fourth-order valence-corrected chi connectivity index (χ4v) is 6.28. The third kappa shape index (κ3) is 0.939. The molecule has 5 fully saturated rings. The maximum atomic E-state index is 5.83. The smallest absolute Gasteiger partial charge is 0.0875 e. The highest BCUT2D eigenvalue weighted by atomic mass is 16.6. The van der Waals surface area contributed by atoms with Gasteiger partial charge in [-0.15, -0.1) is 0 Å². The molecule has 0 aromatic heterocycles. The van der Waals surface area contributed by atoms with Gasteiger partial charge >= 0.3 is 0 Å². The molecule has 5 aliphatic rings. The summed E-state index contributed by atoms with van der Waals surface area (Å²) in [4.78, 5) is 0.